The van der Waals surface area contributed by atoms with Crippen LogP contribution in [0.25, 0.3) is 0 Å². The van der Waals surface area contributed by atoms with Gasteiger partial charge in [-0.3, -0.25) is 4.79 Å². The van der Waals surface area contributed by atoms with E-state index < -0.39 is 12.0 Å². The molecule has 5 heteroatoms. The lowest BCUT2D eigenvalue weighted by atomic mass is 10.1. The zero-order valence-electron chi connectivity index (χ0n) is 9.65. The van der Waals surface area contributed by atoms with Gasteiger partial charge in [-0.1, -0.05) is 0 Å². The van der Waals surface area contributed by atoms with Crippen LogP contribution in [0.5, 0.6) is 0 Å². The Hall–Kier alpha value is -1.54. The summed E-state index contributed by atoms with van der Waals surface area (Å²) in [5.41, 5.74) is 0. The van der Waals surface area contributed by atoms with E-state index >= 15 is 0 Å². The van der Waals surface area contributed by atoms with Crippen molar-refractivity contribution in [2.75, 3.05) is 6.61 Å². The van der Waals surface area contributed by atoms with E-state index in [1.54, 1.807) is 0 Å². The number of terminal acetylenes is 1. The molecule has 0 aromatic rings. The summed E-state index contributed by atoms with van der Waals surface area (Å²) in [6.45, 7) is 0.671. The first-order chi connectivity index (χ1) is 8.13. The minimum Gasteiger partial charge on any atom is -0.480 e. The Labute approximate surface area is 101 Å². The van der Waals surface area contributed by atoms with Crippen LogP contribution in [0.4, 0.5) is 0 Å². The maximum Gasteiger partial charge on any atom is 0.327 e. The van der Waals surface area contributed by atoms with Crippen LogP contribution < -0.4 is 5.32 Å². The topological polar surface area (TPSA) is 75.6 Å². The number of aliphatic carboxylic acids is 1. The largest absolute Gasteiger partial charge is 0.480 e. The number of hydrogen-bond acceptors (Lipinski definition) is 3. The number of carboxylic acids is 1. The minimum absolute atomic E-state index is 0.00734. The van der Waals surface area contributed by atoms with Crippen molar-refractivity contribution >= 4 is 11.9 Å². The highest BCUT2D eigenvalue weighted by Gasteiger charge is 2.22. The van der Waals surface area contributed by atoms with Crippen LogP contribution in [-0.2, 0) is 14.3 Å². The second-order valence-corrected chi connectivity index (χ2v) is 4.06. The van der Waals surface area contributed by atoms with Crippen LogP contribution in [0.2, 0.25) is 0 Å². The first-order valence-corrected chi connectivity index (χ1v) is 5.70. The van der Waals surface area contributed by atoms with Gasteiger partial charge in [0.05, 0.1) is 12.5 Å². The molecule has 1 rings (SSSR count). The molecule has 17 heavy (non-hydrogen) atoms. The van der Waals surface area contributed by atoms with Gasteiger partial charge in [0.25, 0.3) is 0 Å². The molecule has 0 saturated carbocycles. The van der Waals surface area contributed by atoms with Crippen LogP contribution >= 0.6 is 0 Å². The van der Waals surface area contributed by atoms with Gasteiger partial charge in [-0.05, 0) is 19.3 Å². The van der Waals surface area contributed by atoms with Gasteiger partial charge in [0.2, 0.25) is 5.91 Å². The minimum atomic E-state index is -1.11. The van der Waals surface area contributed by atoms with Crippen LogP contribution in [0.1, 0.15) is 32.1 Å². The van der Waals surface area contributed by atoms with Crippen LogP contribution in [0.3, 0.4) is 0 Å². The first kappa shape index (κ1) is 13.5. The quantitative estimate of drug-likeness (QED) is 0.686. The molecule has 0 bridgehead atoms. The summed E-state index contributed by atoms with van der Waals surface area (Å²) in [6.07, 6.45) is 8.05. The average molecular weight is 239 g/mol. The predicted octanol–water partition coefficient (Wildman–Crippen LogP) is 0.538. The van der Waals surface area contributed by atoms with E-state index in [2.05, 4.69) is 11.2 Å². The third-order valence-corrected chi connectivity index (χ3v) is 2.64. The number of ether oxygens (including phenoxy) is 1. The third-order valence-electron chi connectivity index (χ3n) is 2.64. The summed E-state index contributed by atoms with van der Waals surface area (Å²) in [7, 11) is 0. The highest BCUT2D eigenvalue weighted by Crippen LogP contribution is 2.15. The number of nitrogens with one attached hydrogen (secondary N) is 1. The maximum absolute atomic E-state index is 11.6. The number of hydrogen-bond donors (Lipinski definition) is 2. The van der Waals surface area contributed by atoms with Crippen molar-refractivity contribution in [2.24, 2.45) is 0 Å². The van der Waals surface area contributed by atoms with Crippen molar-refractivity contribution in [3.63, 3.8) is 0 Å². The molecule has 1 saturated heterocycles. The monoisotopic (exact) mass is 239 g/mol. The normalized spacial score (nSPS) is 21.2. The molecule has 0 aromatic carbocycles. The van der Waals surface area contributed by atoms with Crippen molar-refractivity contribution in [1.82, 2.24) is 5.32 Å². The van der Waals surface area contributed by atoms with Crippen LogP contribution in [0, 0.1) is 12.3 Å². The van der Waals surface area contributed by atoms with Crippen LogP contribution in [-0.4, -0.2) is 35.7 Å². The number of carbonyl (C=O) groups excluding carboxylic acids is 1. The molecule has 2 N–H and O–H groups in total. The average Bonchev–Trinajstić information content (AvgIpc) is 2.29. The Kier molecular flexibility index (Phi) is 5.50. The first-order valence-electron chi connectivity index (χ1n) is 5.70. The van der Waals surface area contributed by atoms with E-state index in [1.807, 2.05) is 0 Å². The van der Waals surface area contributed by atoms with E-state index in [1.165, 1.54) is 0 Å². The lowest BCUT2D eigenvalue weighted by Gasteiger charge is -2.22. The van der Waals surface area contributed by atoms with Gasteiger partial charge in [0.1, 0.15) is 6.04 Å². The molecule has 2 atom stereocenters. The van der Waals surface area contributed by atoms with Gasteiger partial charge in [-0.15, -0.1) is 12.3 Å². The zero-order chi connectivity index (χ0) is 12.7. The Balaban J connectivity index is 2.36. The Morgan fingerprint density at radius 1 is 1.53 bits per heavy atom. The molecule has 1 aliphatic rings. The molecule has 1 amide bonds. The SMILES string of the molecule is C#CC[C@@H](NC(=O)C[C@H]1CCCCO1)C(=O)O. The van der Waals surface area contributed by atoms with Gasteiger partial charge in [0.15, 0.2) is 0 Å². The van der Waals surface area contributed by atoms with Gasteiger partial charge < -0.3 is 15.2 Å². The second kappa shape index (κ2) is 6.92. The second-order valence-electron chi connectivity index (χ2n) is 4.06. The van der Waals surface area contributed by atoms with Gasteiger partial charge in [-0.25, -0.2) is 4.79 Å². The molecular formula is C12H17NO4. The molecule has 1 aliphatic heterocycles. The third kappa shape index (κ3) is 4.87. The number of amides is 1. The van der Waals surface area contributed by atoms with Gasteiger partial charge in [0, 0.05) is 13.0 Å². The zero-order valence-corrected chi connectivity index (χ0v) is 9.65. The molecule has 0 radical (unpaired) electrons. The van der Waals surface area contributed by atoms with Crippen LogP contribution in [0.15, 0.2) is 0 Å². The smallest absolute Gasteiger partial charge is 0.327 e. The van der Waals surface area contributed by atoms with Crippen molar-refractivity contribution in [3.8, 4) is 12.3 Å². The number of carbonyl (C=O) groups is 2. The summed E-state index contributed by atoms with van der Waals surface area (Å²) in [5, 5.41) is 11.2. The van der Waals surface area contributed by atoms with Gasteiger partial charge >= 0.3 is 5.97 Å². The van der Waals surface area contributed by atoms with Crippen molar-refractivity contribution in [3.05, 3.63) is 0 Å². The lowest BCUT2D eigenvalue weighted by Crippen LogP contribution is -2.42. The fourth-order valence-electron chi connectivity index (χ4n) is 1.75. The molecule has 0 aromatic heterocycles. The van der Waals surface area contributed by atoms with Gasteiger partial charge in [-0.2, -0.15) is 0 Å². The van der Waals surface area contributed by atoms with Crippen molar-refractivity contribution < 1.29 is 19.4 Å². The summed E-state index contributed by atoms with van der Waals surface area (Å²) >= 11 is 0. The number of carboxylic acid groups (broad SMARTS) is 1. The Morgan fingerprint density at radius 3 is 2.82 bits per heavy atom. The molecule has 94 valence electrons. The number of rotatable bonds is 5. The van der Waals surface area contributed by atoms with E-state index in [4.69, 9.17) is 16.3 Å². The van der Waals surface area contributed by atoms with E-state index in [9.17, 15) is 9.59 Å². The molecule has 1 fully saturated rings. The van der Waals surface area contributed by atoms with Crippen molar-refractivity contribution in [1.29, 1.82) is 0 Å². The fraction of sp³-hybridized carbons (Fsp3) is 0.667. The molecule has 1 heterocycles. The summed E-state index contributed by atoms with van der Waals surface area (Å²) in [4.78, 5) is 22.4. The molecular weight excluding hydrogens is 222 g/mol. The summed E-state index contributed by atoms with van der Waals surface area (Å²) in [5.74, 6) is 0.801. The summed E-state index contributed by atoms with van der Waals surface area (Å²) in [6, 6.07) is -1.00. The highest BCUT2D eigenvalue weighted by molar-refractivity contribution is 5.83. The van der Waals surface area contributed by atoms with E-state index in [0.29, 0.717) is 6.61 Å². The molecule has 5 nitrogen and oxygen atoms in total. The Bertz CT molecular complexity index is 315. The highest BCUT2D eigenvalue weighted by atomic mass is 16.5. The molecule has 0 unspecified atom stereocenters. The molecule has 0 spiro atoms. The van der Waals surface area contributed by atoms with E-state index in [0.717, 1.165) is 19.3 Å². The maximum atomic E-state index is 11.6. The van der Waals surface area contributed by atoms with E-state index in [-0.39, 0.29) is 24.9 Å². The summed E-state index contributed by atoms with van der Waals surface area (Å²) < 4.78 is 5.40. The Morgan fingerprint density at radius 2 is 2.29 bits per heavy atom. The predicted molar refractivity (Wildman–Crippen MR) is 61.2 cm³/mol. The standard InChI is InChI=1S/C12H17NO4/c1-2-5-10(12(15)16)13-11(14)8-9-6-3-4-7-17-9/h1,9-10H,3-8H2,(H,13,14)(H,15,16)/t9-,10-/m1/s1. The fourth-order valence-corrected chi connectivity index (χ4v) is 1.75. The molecule has 0 aliphatic carbocycles. The lowest BCUT2D eigenvalue weighted by molar-refractivity contribution is -0.142. The van der Waals surface area contributed by atoms with Crippen molar-refractivity contribution in [2.45, 2.75) is 44.2 Å².